The van der Waals surface area contributed by atoms with E-state index >= 15 is 0 Å². The standard InChI is InChI=1S/C8H11/c1-2-5-8-6-3-4-7-8/h3-4,6-7H2,1H3. The minimum atomic E-state index is 1.26. The van der Waals surface area contributed by atoms with Crippen molar-refractivity contribution in [2.24, 2.45) is 0 Å². The maximum atomic E-state index is 3.11. The third-order valence-corrected chi connectivity index (χ3v) is 1.51. The Morgan fingerprint density at radius 2 is 1.88 bits per heavy atom. The van der Waals surface area contributed by atoms with Gasteiger partial charge < -0.3 is 0 Å². The highest BCUT2D eigenvalue weighted by atomic mass is 14.1. The second-order valence-corrected chi connectivity index (χ2v) is 2.19. The van der Waals surface area contributed by atoms with Crippen LogP contribution in [0.15, 0.2) is 0 Å². The summed E-state index contributed by atoms with van der Waals surface area (Å²) in [5.74, 6) is 7.50. The van der Waals surface area contributed by atoms with Crippen molar-refractivity contribution in [2.75, 3.05) is 0 Å². The van der Waals surface area contributed by atoms with Gasteiger partial charge in [0.2, 0.25) is 0 Å². The van der Waals surface area contributed by atoms with Crippen LogP contribution in [0.2, 0.25) is 0 Å². The predicted octanol–water partition coefficient (Wildman–Crippen LogP) is 2.16. The van der Waals surface area contributed by atoms with E-state index in [2.05, 4.69) is 11.8 Å². The average molecular weight is 107 g/mol. The van der Waals surface area contributed by atoms with E-state index in [1.54, 1.807) is 0 Å². The van der Waals surface area contributed by atoms with E-state index < -0.39 is 0 Å². The summed E-state index contributed by atoms with van der Waals surface area (Å²) in [4.78, 5) is 0. The number of rotatable bonds is 0. The zero-order chi connectivity index (χ0) is 5.82. The van der Waals surface area contributed by atoms with Crippen LogP contribution in [0.4, 0.5) is 0 Å². The normalized spacial score (nSPS) is 20.1. The Morgan fingerprint density at radius 1 is 1.25 bits per heavy atom. The van der Waals surface area contributed by atoms with E-state index in [0.29, 0.717) is 0 Å². The summed E-state index contributed by atoms with van der Waals surface area (Å²) < 4.78 is 0. The van der Waals surface area contributed by atoms with Crippen LogP contribution in [-0.4, -0.2) is 0 Å². The number of hydrogen-bond donors (Lipinski definition) is 0. The topological polar surface area (TPSA) is 0 Å². The van der Waals surface area contributed by atoms with Crippen LogP contribution in [0.3, 0.4) is 0 Å². The summed E-state index contributed by atoms with van der Waals surface area (Å²) in [6, 6.07) is 0. The first-order valence-corrected chi connectivity index (χ1v) is 3.21. The molecule has 0 bridgehead atoms. The molecule has 0 amide bonds. The molecule has 0 heterocycles. The van der Waals surface area contributed by atoms with E-state index in [-0.39, 0.29) is 0 Å². The van der Waals surface area contributed by atoms with Crippen LogP contribution in [-0.2, 0) is 0 Å². The van der Waals surface area contributed by atoms with Gasteiger partial charge in [-0.1, -0.05) is 18.8 Å². The molecule has 0 atom stereocenters. The molecule has 1 fully saturated rings. The SMILES string of the molecule is CC#C[C]1CCCC1. The second-order valence-electron chi connectivity index (χ2n) is 2.19. The zero-order valence-corrected chi connectivity index (χ0v) is 5.33. The van der Waals surface area contributed by atoms with E-state index in [1.165, 1.54) is 31.6 Å². The first-order valence-electron chi connectivity index (χ1n) is 3.21. The summed E-state index contributed by atoms with van der Waals surface area (Å²) >= 11 is 0. The Balaban J connectivity index is 2.32. The third-order valence-electron chi connectivity index (χ3n) is 1.51. The minimum absolute atomic E-state index is 1.26. The van der Waals surface area contributed by atoms with Gasteiger partial charge in [-0.15, -0.1) is 5.92 Å². The molecular formula is C8H11. The molecule has 8 heavy (non-hydrogen) atoms. The highest BCUT2D eigenvalue weighted by Gasteiger charge is 2.11. The fraction of sp³-hybridized carbons (Fsp3) is 0.625. The van der Waals surface area contributed by atoms with Crippen molar-refractivity contribution in [2.45, 2.75) is 32.6 Å². The van der Waals surface area contributed by atoms with Crippen molar-refractivity contribution in [1.29, 1.82) is 0 Å². The summed E-state index contributed by atoms with van der Waals surface area (Å²) in [5, 5.41) is 0. The molecule has 1 rings (SSSR count). The van der Waals surface area contributed by atoms with Crippen molar-refractivity contribution in [3.05, 3.63) is 5.92 Å². The lowest BCUT2D eigenvalue weighted by Gasteiger charge is -1.91. The highest BCUT2D eigenvalue weighted by molar-refractivity contribution is 5.21. The minimum Gasteiger partial charge on any atom is -0.106 e. The predicted molar refractivity (Wildman–Crippen MR) is 35.2 cm³/mol. The lowest BCUT2D eigenvalue weighted by molar-refractivity contribution is 0.886. The van der Waals surface area contributed by atoms with Crippen molar-refractivity contribution < 1.29 is 0 Å². The molecule has 0 unspecified atom stereocenters. The first kappa shape index (κ1) is 5.69. The molecule has 0 nitrogen and oxygen atoms in total. The molecule has 0 aromatic heterocycles. The first-order chi connectivity index (χ1) is 3.93. The van der Waals surface area contributed by atoms with Gasteiger partial charge in [0.05, 0.1) is 0 Å². The molecule has 43 valence electrons. The van der Waals surface area contributed by atoms with Crippen LogP contribution in [0.1, 0.15) is 32.6 Å². The van der Waals surface area contributed by atoms with Gasteiger partial charge in [-0.25, -0.2) is 0 Å². The molecule has 1 radical (unpaired) electrons. The fourth-order valence-corrected chi connectivity index (χ4v) is 1.10. The Hall–Kier alpha value is -0.440. The van der Waals surface area contributed by atoms with Crippen molar-refractivity contribution in [3.63, 3.8) is 0 Å². The van der Waals surface area contributed by atoms with E-state index in [4.69, 9.17) is 0 Å². The zero-order valence-electron chi connectivity index (χ0n) is 5.33. The van der Waals surface area contributed by atoms with Crippen LogP contribution in [0, 0.1) is 17.8 Å². The quantitative estimate of drug-likeness (QED) is 0.416. The van der Waals surface area contributed by atoms with Gasteiger partial charge in [0.1, 0.15) is 0 Å². The molecule has 0 spiro atoms. The van der Waals surface area contributed by atoms with Crippen molar-refractivity contribution >= 4 is 0 Å². The Kier molecular flexibility index (Phi) is 1.97. The van der Waals surface area contributed by atoms with Gasteiger partial charge in [-0.05, 0) is 19.8 Å². The molecule has 0 N–H and O–H groups in total. The molecule has 1 aliphatic carbocycles. The van der Waals surface area contributed by atoms with E-state index in [0.717, 1.165) is 0 Å². The van der Waals surface area contributed by atoms with Gasteiger partial charge in [0, 0.05) is 5.92 Å². The van der Waals surface area contributed by atoms with E-state index in [1.807, 2.05) is 6.92 Å². The lowest BCUT2D eigenvalue weighted by atomic mass is 10.1. The van der Waals surface area contributed by atoms with Gasteiger partial charge >= 0.3 is 0 Å². The van der Waals surface area contributed by atoms with Gasteiger partial charge in [-0.2, -0.15) is 0 Å². The van der Waals surface area contributed by atoms with Crippen LogP contribution < -0.4 is 0 Å². The summed E-state index contributed by atoms with van der Waals surface area (Å²) in [7, 11) is 0. The lowest BCUT2D eigenvalue weighted by Crippen LogP contribution is -1.80. The Morgan fingerprint density at radius 3 is 2.38 bits per heavy atom. The van der Waals surface area contributed by atoms with Crippen LogP contribution >= 0.6 is 0 Å². The van der Waals surface area contributed by atoms with Gasteiger partial charge in [-0.3, -0.25) is 0 Å². The number of hydrogen-bond acceptors (Lipinski definition) is 0. The third kappa shape index (κ3) is 1.26. The fourth-order valence-electron chi connectivity index (χ4n) is 1.10. The second kappa shape index (κ2) is 2.77. The Bertz CT molecular complexity index is 108. The van der Waals surface area contributed by atoms with Crippen LogP contribution in [0.5, 0.6) is 0 Å². The molecular weight excluding hydrogens is 96.1 g/mol. The molecule has 0 heteroatoms. The monoisotopic (exact) mass is 107 g/mol. The van der Waals surface area contributed by atoms with Crippen molar-refractivity contribution in [3.8, 4) is 11.8 Å². The molecule has 0 saturated heterocycles. The summed E-state index contributed by atoms with van der Waals surface area (Å²) in [6.45, 7) is 1.91. The largest absolute Gasteiger partial charge is 0.106 e. The van der Waals surface area contributed by atoms with Gasteiger partial charge in [0.25, 0.3) is 0 Å². The summed E-state index contributed by atoms with van der Waals surface area (Å²) in [6.07, 6.45) is 5.26. The molecule has 1 saturated carbocycles. The van der Waals surface area contributed by atoms with Crippen molar-refractivity contribution in [1.82, 2.24) is 0 Å². The maximum Gasteiger partial charge on any atom is 0.0479 e. The maximum absolute atomic E-state index is 3.11. The van der Waals surface area contributed by atoms with Gasteiger partial charge in [0.15, 0.2) is 0 Å². The van der Waals surface area contributed by atoms with Crippen LogP contribution in [0.25, 0.3) is 0 Å². The summed E-state index contributed by atoms with van der Waals surface area (Å²) in [5.41, 5.74) is 0. The molecule has 0 aromatic rings. The highest BCUT2D eigenvalue weighted by Crippen LogP contribution is 2.25. The molecule has 0 aromatic carbocycles. The molecule has 1 aliphatic rings. The smallest absolute Gasteiger partial charge is 0.0479 e. The molecule has 0 aliphatic heterocycles. The average Bonchev–Trinajstić information content (AvgIpc) is 2.19. The van der Waals surface area contributed by atoms with E-state index in [9.17, 15) is 0 Å². The Labute approximate surface area is 51.3 Å².